The van der Waals surface area contributed by atoms with Crippen molar-refractivity contribution >= 4 is 83.0 Å². The summed E-state index contributed by atoms with van der Waals surface area (Å²) in [5, 5.41) is 10.5. The van der Waals surface area contributed by atoms with Crippen LogP contribution in [0.4, 0.5) is 0 Å². The van der Waals surface area contributed by atoms with Crippen molar-refractivity contribution in [2.45, 2.75) is 0 Å². The molecule has 0 radical (unpaired) electrons. The highest BCUT2D eigenvalue weighted by Crippen LogP contribution is 2.45. The Kier molecular flexibility index (Phi) is 5.17. The fourth-order valence-electron chi connectivity index (χ4n) is 6.82. The molecule has 0 unspecified atom stereocenters. The molecule has 0 amide bonds. The number of aromatic nitrogens is 2. The van der Waals surface area contributed by atoms with E-state index in [-0.39, 0.29) is 0 Å². The predicted octanol–water partition coefficient (Wildman–Crippen LogP) is 8.74. The summed E-state index contributed by atoms with van der Waals surface area (Å²) in [7, 11) is -3.26. The average molecular weight is 569 g/mol. The van der Waals surface area contributed by atoms with Gasteiger partial charge in [-0.05, 0) is 51.2 Å². The standard InChI is InChI=1S/C39H25N2OP/c42-43(29-15-3-1-4-16-29,30-17-5-2-6-18-30)36-21-11-20-34-38(36)40-39-37-31-19-10-9-12-26(31)22-23-32(37)33-24-27-13-7-8-14-28(27)25-35(33)41(34)39/h1-25H. The largest absolute Gasteiger partial charge is 0.309 e. The summed E-state index contributed by atoms with van der Waals surface area (Å²) in [5.74, 6) is 0. The molecule has 0 N–H and O–H groups in total. The maximum Gasteiger partial charge on any atom is 0.173 e. The van der Waals surface area contributed by atoms with E-state index in [1.807, 2.05) is 72.8 Å². The summed E-state index contributed by atoms with van der Waals surface area (Å²) >= 11 is 0. The number of rotatable bonds is 3. The number of hydrogen-bond acceptors (Lipinski definition) is 2. The van der Waals surface area contributed by atoms with Gasteiger partial charge in [0.15, 0.2) is 7.14 Å². The van der Waals surface area contributed by atoms with E-state index in [0.29, 0.717) is 0 Å². The van der Waals surface area contributed by atoms with E-state index in [1.54, 1.807) is 0 Å². The molecular weight excluding hydrogens is 543 g/mol. The Bertz CT molecular complexity index is 2540. The van der Waals surface area contributed by atoms with Gasteiger partial charge >= 0.3 is 0 Å². The molecule has 0 aliphatic carbocycles. The van der Waals surface area contributed by atoms with Gasteiger partial charge in [0.05, 0.1) is 11.0 Å². The number of imidazole rings is 1. The molecule has 4 heteroatoms. The highest BCUT2D eigenvalue weighted by atomic mass is 31.2. The molecule has 0 saturated heterocycles. The molecule has 2 aromatic heterocycles. The number of pyridine rings is 1. The SMILES string of the molecule is O=P(c1ccccc1)(c1ccccc1)c1cccc2c1nc1c3c4ccccc4ccc3c3cc4ccccc4cc3n21. The first-order valence-electron chi connectivity index (χ1n) is 14.5. The first kappa shape index (κ1) is 24.4. The van der Waals surface area contributed by atoms with Crippen molar-refractivity contribution in [1.82, 2.24) is 9.38 Å². The molecule has 2 heterocycles. The molecule has 0 atom stereocenters. The summed E-state index contributed by atoms with van der Waals surface area (Å²) in [6, 6.07) is 51.9. The lowest BCUT2D eigenvalue weighted by molar-refractivity contribution is 0.592. The van der Waals surface area contributed by atoms with Crippen molar-refractivity contribution in [2.75, 3.05) is 0 Å². The molecule has 0 spiro atoms. The van der Waals surface area contributed by atoms with Crippen molar-refractivity contribution < 1.29 is 4.57 Å². The second-order valence-corrected chi connectivity index (χ2v) is 13.9. The fourth-order valence-corrected chi connectivity index (χ4v) is 9.62. The smallest absolute Gasteiger partial charge is 0.173 e. The molecule has 0 aliphatic heterocycles. The van der Waals surface area contributed by atoms with E-state index < -0.39 is 7.14 Å². The van der Waals surface area contributed by atoms with Crippen molar-refractivity contribution in [1.29, 1.82) is 0 Å². The van der Waals surface area contributed by atoms with Crippen LogP contribution in [0.5, 0.6) is 0 Å². The topological polar surface area (TPSA) is 34.4 Å². The van der Waals surface area contributed by atoms with Crippen LogP contribution in [0, 0.1) is 0 Å². The molecule has 0 aliphatic rings. The van der Waals surface area contributed by atoms with Crippen molar-refractivity contribution in [3.63, 3.8) is 0 Å². The second-order valence-electron chi connectivity index (χ2n) is 11.1. The van der Waals surface area contributed by atoms with Crippen LogP contribution in [0.15, 0.2) is 152 Å². The van der Waals surface area contributed by atoms with Gasteiger partial charge in [0.2, 0.25) is 0 Å². The van der Waals surface area contributed by atoms with Crippen molar-refractivity contribution in [3.05, 3.63) is 152 Å². The van der Waals surface area contributed by atoms with Crippen molar-refractivity contribution in [2.24, 2.45) is 0 Å². The normalized spacial score (nSPS) is 12.3. The van der Waals surface area contributed by atoms with Crippen LogP contribution in [0.1, 0.15) is 0 Å². The maximum absolute atomic E-state index is 15.6. The quantitative estimate of drug-likeness (QED) is 0.121. The number of para-hydroxylation sites is 1. The number of hydrogen-bond donors (Lipinski definition) is 0. The number of nitrogens with zero attached hydrogens (tertiary/aromatic N) is 2. The third-order valence-corrected chi connectivity index (χ3v) is 11.9. The third-order valence-electron chi connectivity index (χ3n) is 8.79. The molecule has 43 heavy (non-hydrogen) atoms. The average Bonchev–Trinajstić information content (AvgIpc) is 3.48. The minimum absolute atomic E-state index is 0.758. The van der Waals surface area contributed by atoms with Gasteiger partial charge in [-0.1, -0.05) is 127 Å². The predicted molar refractivity (Wildman–Crippen MR) is 182 cm³/mol. The summed E-state index contributed by atoms with van der Waals surface area (Å²) in [5.41, 5.74) is 3.69. The van der Waals surface area contributed by atoms with Gasteiger partial charge in [0, 0.05) is 26.7 Å². The summed E-state index contributed by atoms with van der Waals surface area (Å²) < 4.78 is 17.9. The zero-order valence-corrected chi connectivity index (χ0v) is 24.1. The maximum atomic E-state index is 15.6. The Hall–Kier alpha value is -5.24. The summed E-state index contributed by atoms with van der Waals surface area (Å²) in [6.45, 7) is 0. The third kappa shape index (κ3) is 3.43. The molecule has 0 bridgehead atoms. The first-order valence-corrected chi connectivity index (χ1v) is 16.2. The zero-order chi connectivity index (χ0) is 28.5. The molecule has 0 saturated carbocycles. The summed E-state index contributed by atoms with van der Waals surface area (Å²) in [6.07, 6.45) is 0. The van der Waals surface area contributed by atoms with Crippen LogP contribution in [-0.2, 0) is 4.57 Å². The van der Waals surface area contributed by atoms with E-state index in [1.165, 1.54) is 21.5 Å². The lowest BCUT2D eigenvalue weighted by Gasteiger charge is -2.20. The van der Waals surface area contributed by atoms with Gasteiger partial charge in [0.25, 0.3) is 0 Å². The molecular formula is C39H25N2OP. The lowest BCUT2D eigenvalue weighted by Crippen LogP contribution is -2.25. The van der Waals surface area contributed by atoms with Crippen LogP contribution in [0.3, 0.4) is 0 Å². The highest BCUT2D eigenvalue weighted by Gasteiger charge is 2.33. The molecule has 3 nitrogen and oxygen atoms in total. The molecule has 9 aromatic rings. The van der Waals surface area contributed by atoms with Gasteiger partial charge in [-0.15, -0.1) is 0 Å². The Labute approximate surface area is 248 Å². The highest BCUT2D eigenvalue weighted by molar-refractivity contribution is 7.85. The lowest BCUT2D eigenvalue weighted by atomic mass is 9.98. The minimum Gasteiger partial charge on any atom is -0.309 e. The Morgan fingerprint density at radius 1 is 0.488 bits per heavy atom. The minimum atomic E-state index is -3.26. The molecule has 202 valence electrons. The Morgan fingerprint density at radius 2 is 1.12 bits per heavy atom. The van der Waals surface area contributed by atoms with E-state index in [0.717, 1.165) is 54.3 Å². The van der Waals surface area contributed by atoms with Gasteiger partial charge in [0.1, 0.15) is 11.2 Å². The summed E-state index contributed by atoms with van der Waals surface area (Å²) in [4.78, 5) is 5.43. The molecule has 9 rings (SSSR count). The van der Waals surface area contributed by atoms with Gasteiger partial charge in [-0.2, -0.15) is 0 Å². The van der Waals surface area contributed by atoms with Crippen LogP contribution >= 0.6 is 7.14 Å². The first-order chi connectivity index (χ1) is 21.2. The number of benzene rings is 7. The van der Waals surface area contributed by atoms with Gasteiger partial charge in [-0.25, -0.2) is 4.98 Å². The van der Waals surface area contributed by atoms with E-state index in [9.17, 15) is 0 Å². The van der Waals surface area contributed by atoms with Crippen LogP contribution in [0.25, 0.3) is 59.9 Å². The second kappa shape index (κ2) is 9.13. The number of fused-ring (bicyclic) bond motifs is 11. The van der Waals surface area contributed by atoms with Crippen LogP contribution < -0.4 is 15.9 Å². The zero-order valence-electron chi connectivity index (χ0n) is 23.2. The van der Waals surface area contributed by atoms with Crippen LogP contribution in [0.2, 0.25) is 0 Å². The van der Waals surface area contributed by atoms with Gasteiger partial charge < -0.3 is 4.57 Å². The van der Waals surface area contributed by atoms with Crippen LogP contribution in [-0.4, -0.2) is 9.38 Å². The van der Waals surface area contributed by atoms with Crippen molar-refractivity contribution in [3.8, 4) is 0 Å². The molecule has 7 aromatic carbocycles. The van der Waals surface area contributed by atoms with Gasteiger partial charge in [-0.3, -0.25) is 4.40 Å². The molecule has 0 fully saturated rings. The Morgan fingerprint density at radius 3 is 1.84 bits per heavy atom. The van der Waals surface area contributed by atoms with E-state index >= 15 is 4.57 Å². The van der Waals surface area contributed by atoms with E-state index in [4.69, 9.17) is 4.98 Å². The monoisotopic (exact) mass is 568 g/mol. The fraction of sp³-hybridized carbons (Fsp3) is 0. The Balaban J connectivity index is 1.52. The van der Waals surface area contributed by atoms with E-state index in [2.05, 4.69) is 83.3 Å².